The van der Waals surface area contributed by atoms with E-state index in [1.54, 1.807) is 18.3 Å². The molecule has 0 atom stereocenters. The van der Waals surface area contributed by atoms with Crippen molar-refractivity contribution in [2.24, 2.45) is 4.99 Å². The lowest BCUT2D eigenvalue weighted by Crippen LogP contribution is -2.22. The molecule has 0 saturated heterocycles. The summed E-state index contributed by atoms with van der Waals surface area (Å²) >= 11 is 0. The van der Waals surface area contributed by atoms with Gasteiger partial charge in [0.25, 0.3) is 5.56 Å². The number of nitrogens with zero attached hydrogens (tertiary/aromatic N) is 3. The number of rotatable bonds is 6. The van der Waals surface area contributed by atoms with Crippen molar-refractivity contribution >= 4 is 17.7 Å². The monoisotopic (exact) mass is 282 g/mol. The van der Waals surface area contributed by atoms with Crippen LogP contribution in [0, 0.1) is 6.92 Å². The zero-order valence-corrected chi connectivity index (χ0v) is 12.0. The first-order valence-electron chi connectivity index (χ1n) is 6.66. The largest absolute Gasteiger partial charge is 0.366 e. The molecule has 108 valence electrons. The number of fused-ring (bicyclic) bond motifs is 1. The van der Waals surface area contributed by atoms with E-state index in [0.29, 0.717) is 30.1 Å². The van der Waals surface area contributed by atoms with Crippen LogP contribution >= 0.6 is 0 Å². The molecular formula is C16H18N4O. The molecule has 2 heterocycles. The number of aromatic nitrogens is 2. The maximum Gasteiger partial charge on any atom is 0.268 e. The Kier molecular flexibility index (Phi) is 4.66. The normalized spacial score (nSPS) is 10.9. The van der Waals surface area contributed by atoms with Crippen molar-refractivity contribution in [2.75, 3.05) is 18.4 Å². The van der Waals surface area contributed by atoms with Gasteiger partial charge in [0.2, 0.25) is 0 Å². The van der Waals surface area contributed by atoms with Crippen LogP contribution in [0.15, 0.2) is 53.4 Å². The molecule has 0 fully saturated rings. The summed E-state index contributed by atoms with van der Waals surface area (Å²) in [4.78, 5) is 21.2. The predicted molar refractivity (Wildman–Crippen MR) is 87.5 cm³/mol. The fourth-order valence-electron chi connectivity index (χ4n) is 1.90. The summed E-state index contributed by atoms with van der Waals surface area (Å²) in [6, 6.07) is 3.74. The number of hydrogen-bond donors (Lipinski definition) is 1. The lowest BCUT2D eigenvalue weighted by Gasteiger charge is -2.09. The zero-order valence-electron chi connectivity index (χ0n) is 12.0. The molecule has 0 aromatic carbocycles. The molecule has 0 radical (unpaired) electrons. The van der Waals surface area contributed by atoms with Gasteiger partial charge in [-0.05, 0) is 18.6 Å². The highest BCUT2D eigenvalue weighted by Gasteiger charge is 2.10. The van der Waals surface area contributed by atoms with Crippen LogP contribution in [0.4, 0.5) is 5.82 Å². The topological polar surface area (TPSA) is 58.8 Å². The van der Waals surface area contributed by atoms with Crippen LogP contribution in [0.1, 0.15) is 11.1 Å². The van der Waals surface area contributed by atoms with Crippen LogP contribution in [0.25, 0.3) is 5.65 Å². The zero-order chi connectivity index (χ0) is 15.2. The minimum absolute atomic E-state index is 0.150. The van der Waals surface area contributed by atoms with E-state index < -0.39 is 0 Å². The lowest BCUT2D eigenvalue weighted by atomic mass is 10.2. The van der Waals surface area contributed by atoms with Gasteiger partial charge in [-0.25, -0.2) is 4.98 Å². The van der Waals surface area contributed by atoms with Gasteiger partial charge in [0, 0.05) is 19.0 Å². The Morgan fingerprint density at radius 2 is 2.19 bits per heavy atom. The fourth-order valence-corrected chi connectivity index (χ4v) is 1.90. The van der Waals surface area contributed by atoms with Gasteiger partial charge in [-0.3, -0.25) is 14.2 Å². The van der Waals surface area contributed by atoms with Crippen LogP contribution in [-0.4, -0.2) is 28.7 Å². The van der Waals surface area contributed by atoms with E-state index in [1.165, 1.54) is 10.6 Å². The molecule has 21 heavy (non-hydrogen) atoms. The van der Waals surface area contributed by atoms with Gasteiger partial charge >= 0.3 is 0 Å². The Morgan fingerprint density at radius 1 is 1.38 bits per heavy atom. The first-order valence-corrected chi connectivity index (χ1v) is 6.66. The molecule has 0 aliphatic heterocycles. The van der Waals surface area contributed by atoms with E-state index in [2.05, 4.69) is 28.5 Å². The van der Waals surface area contributed by atoms with Crippen molar-refractivity contribution in [3.05, 3.63) is 65.1 Å². The summed E-state index contributed by atoms with van der Waals surface area (Å²) in [5, 5.41) is 3.08. The SMILES string of the molecule is C=CC/N=C/c1c(NCC=C)nc2ccc(C)cn2c1=O. The summed E-state index contributed by atoms with van der Waals surface area (Å²) in [6.07, 6.45) is 6.69. The second-order valence-corrected chi connectivity index (χ2v) is 4.57. The minimum atomic E-state index is -0.150. The van der Waals surface area contributed by atoms with Crippen molar-refractivity contribution in [1.29, 1.82) is 0 Å². The van der Waals surface area contributed by atoms with Gasteiger partial charge in [0.1, 0.15) is 17.0 Å². The van der Waals surface area contributed by atoms with Gasteiger partial charge < -0.3 is 5.32 Å². The number of anilines is 1. The third-order valence-corrected chi connectivity index (χ3v) is 2.87. The summed E-state index contributed by atoms with van der Waals surface area (Å²) < 4.78 is 1.53. The van der Waals surface area contributed by atoms with Gasteiger partial charge in [-0.2, -0.15) is 0 Å². The molecule has 0 aliphatic carbocycles. The smallest absolute Gasteiger partial charge is 0.268 e. The molecule has 5 heteroatoms. The number of aliphatic imine (C=N–C) groups is 1. The third kappa shape index (κ3) is 3.25. The molecule has 0 bridgehead atoms. The molecule has 1 N–H and O–H groups in total. The van der Waals surface area contributed by atoms with Crippen molar-refractivity contribution in [3.63, 3.8) is 0 Å². The summed E-state index contributed by atoms with van der Waals surface area (Å²) in [5.41, 5.74) is 1.87. The van der Waals surface area contributed by atoms with Crippen LogP contribution in [0.2, 0.25) is 0 Å². The van der Waals surface area contributed by atoms with Crippen LogP contribution in [0.3, 0.4) is 0 Å². The fraction of sp³-hybridized carbons (Fsp3) is 0.188. The standard InChI is InChI=1S/C16H18N4O/c1-4-8-17-10-13-15(18-9-5-2)19-14-7-6-12(3)11-20(14)16(13)21/h4-7,10-11,18H,1-2,8-9H2,3H3/b17-10+. The molecule has 0 spiro atoms. The van der Waals surface area contributed by atoms with E-state index in [4.69, 9.17) is 0 Å². The third-order valence-electron chi connectivity index (χ3n) is 2.87. The molecule has 0 aliphatic rings. The van der Waals surface area contributed by atoms with Crippen LogP contribution in [0.5, 0.6) is 0 Å². The highest BCUT2D eigenvalue weighted by Crippen LogP contribution is 2.10. The maximum absolute atomic E-state index is 12.6. The molecule has 0 saturated carbocycles. The number of aryl methyl sites for hydroxylation is 1. The van der Waals surface area contributed by atoms with Crippen LogP contribution in [-0.2, 0) is 0 Å². The molecule has 2 aromatic heterocycles. The Bertz CT molecular complexity index is 759. The maximum atomic E-state index is 12.6. The van der Waals surface area contributed by atoms with E-state index in [1.807, 2.05) is 19.1 Å². The number of pyridine rings is 1. The molecule has 0 amide bonds. The van der Waals surface area contributed by atoms with E-state index in [0.717, 1.165) is 5.56 Å². The second-order valence-electron chi connectivity index (χ2n) is 4.57. The Hall–Kier alpha value is -2.69. The van der Waals surface area contributed by atoms with Gasteiger partial charge in [0.15, 0.2) is 0 Å². The molecule has 0 unspecified atom stereocenters. The Morgan fingerprint density at radius 3 is 2.90 bits per heavy atom. The van der Waals surface area contributed by atoms with E-state index in [-0.39, 0.29) is 5.56 Å². The van der Waals surface area contributed by atoms with Crippen molar-refractivity contribution in [3.8, 4) is 0 Å². The van der Waals surface area contributed by atoms with Crippen molar-refractivity contribution < 1.29 is 0 Å². The highest BCUT2D eigenvalue weighted by atomic mass is 16.1. The highest BCUT2D eigenvalue weighted by molar-refractivity contribution is 5.86. The number of nitrogens with one attached hydrogen (secondary N) is 1. The summed E-state index contributed by atoms with van der Waals surface area (Å²) in [7, 11) is 0. The van der Waals surface area contributed by atoms with E-state index >= 15 is 0 Å². The van der Waals surface area contributed by atoms with E-state index in [9.17, 15) is 4.79 Å². The number of hydrogen-bond acceptors (Lipinski definition) is 4. The second kappa shape index (κ2) is 6.65. The van der Waals surface area contributed by atoms with Gasteiger partial charge in [0.05, 0.1) is 6.54 Å². The van der Waals surface area contributed by atoms with Crippen molar-refractivity contribution in [1.82, 2.24) is 9.38 Å². The minimum Gasteiger partial charge on any atom is -0.366 e. The Balaban J connectivity index is 2.64. The molecule has 5 nitrogen and oxygen atoms in total. The molecule has 2 aromatic rings. The van der Waals surface area contributed by atoms with Gasteiger partial charge in [-0.1, -0.05) is 18.2 Å². The average Bonchev–Trinajstić information content (AvgIpc) is 2.48. The summed E-state index contributed by atoms with van der Waals surface area (Å²) in [6.45, 7) is 10.2. The first kappa shape index (κ1) is 14.7. The quantitative estimate of drug-likeness (QED) is 0.653. The van der Waals surface area contributed by atoms with Gasteiger partial charge in [-0.15, -0.1) is 13.2 Å². The molecular weight excluding hydrogens is 264 g/mol. The Labute approximate surface area is 123 Å². The summed E-state index contributed by atoms with van der Waals surface area (Å²) in [5.74, 6) is 0.511. The van der Waals surface area contributed by atoms with Crippen LogP contribution < -0.4 is 10.9 Å². The predicted octanol–water partition coefficient (Wildman–Crippen LogP) is 2.21. The lowest BCUT2D eigenvalue weighted by molar-refractivity contribution is 1.02. The first-order chi connectivity index (χ1) is 10.2. The van der Waals surface area contributed by atoms with Crippen molar-refractivity contribution in [2.45, 2.75) is 6.92 Å². The molecule has 2 rings (SSSR count). The average molecular weight is 282 g/mol.